The van der Waals surface area contributed by atoms with Gasteiger partial charge in [0.15, 0.2) is 0 Å². The Hall–Kier alpha value is -1.84. The van der Waals surface area contributed by atoms with Gasteiger partial charge in [0.2, 0.25) is 5.91 Å². The molecule has 4 nitrogen and oxygen atoms in total. The molecule has 1 fully saturated rings. The summed E-state index contributed by atoms with van der Waals surface area (Å²) in [5.41, 5.74) is 0.909. The lowest BCUT2D eigenvalue weighted by Gasteiger charge is -2.17. The van der Waals surface area contributed by atoms with Crippen LogP contribution < -0.4 is 0 Å². The number of cyclic esters (lactones) is 1. The Bertz CT molecular complexity index is 416. The van der Waals surface area contributed by atoms with Crippen LogP contribution in [-0.2, 0) is 9.53 Å². The van der Waals surface area contributed by atoms with Crippen LogP contribution in [0.15, 0.2) is 30.3 Å². The molecule has 0 aliphatic carbocycles. The van der Waals surface area contributed by atoms with Gasteiger partial charge in [-0.15, -0.1) is 0 Å². The number of hydrogen-bond donors (Lipinski definition) is 0. The predicted octanol–water partition coefficient (Wildman–Crippen LogP) is 2.11. The summed E-state index contributed by atoms with van der Waals surface area (Å²) >= 11 is 0. The van der Waals surface area contributed by atoms with Crippen LogP contribution in [0.1, 0.15) is 25.5 Å². The van der Waals surface area contributed by atoms with Gasteiger partial charge in [-0.3, -0.25) is 4.79 Å². The van der Waals surface area contributed by atoms with Crippen LogP contribution >= 0.6 is 0 Å². The monoisotopic (exact) mass is 219 g/mol. The highest BCUT2D eigenvalue weighted by Gasteiger charge is 2.41. The lowest BCUT2D eigenvalue weighted by Crippen LogP contribution is -2.35. The first-order chi connectivity index (χ1) is 7.61. The van der Waals surface area contributed by atoms with Crippen LogP contribution in [0.2, 0.25) is 0 Å². The Morgan fingerprint density at radius 2 is 1.94 bits per heavy atom. The van der Waals surface area contributed by atoms with E-state index in [-0.39, 0.29) is 18.1 Å². The first-order valence-electron chi connectivity index (χ1n) is 5.16. The van der Waals surface area contributed by atoms with Crippen molar-refractivity contribution >= 4 is 12.0 Å². The Labute approximate surface area is 93.8 Å². The van der Waals surface area contributed by atoms with Gasteiger partial charge in [-0.1, -0.05) is 30.3 Å². The van der Waals surface area contributed by atoms with Gasteiger partial charge in [0.05, 0.1) is 6.04 Å². The van der Waals surface area contributed by atoms with Crippen LogP contribution in [0.4, 0.5) is 4.79 Å². The molecular weight excluding hydrogens is 206 g/mol. The van der Waals surface area contributed by atoms with E-state index in [9.17, 15) is 9.59 Å². The Balaban J connectivity index is 2.27. The molecule has 0 bridgehead atoms. The average molecular weight is 219 g/mol. The van der Waals surface area contributed by atoms with Crippen molar-refractivity contribution in [1.82, 2.24) is 4.90 Å². The molecule has 0 N–H and O–H groups in total. The lowest BCUT2D eigenvalue weighted by molar-refractivity contribution is -0.126. The van der Waals surface area contributed by atoms with Crippen LogP contribution in [0.25, 0.3) is 0 Å². The fourth-order valence-electron chi connectivity index (χ4n) is 1.97. The van der Waals surface area contributed by atoms with Gasteiger partial charge in [0, 0.05) is 6.92 Å². The fourth-order valence-corrected chi connectivity index (χ4v) is 1.97. The minimum absolute atomic E-state index is 0.257. The molecule has 1 aliphatic rings. The first-order valence-corrected chi connectivity index (χ1v) is 5.16. The van der Waals surface area contributed by atoms with Crippen molar-refractivity contribution < 1.29 is 14.3 Å². The molecule has 0 spiro atoms. The van der Waals surface area contributed by atoms with Gasteiger partial charge >= 0.3 is 6.09 Å². The Kier molecular flexibility index (Phi) is 2.64. The molecule has 2 rings (SSSR count). The third kappa shape index (κ3) is 1.66. The third-order valence-corrected chi connectivity index (χ3v) is 2.74. The van der Waals surface area contributed by atoms with E-state index in [2.05, 4.69) is 0 Å². The molecule has 0 unspecified atom stereocenters. The van der Waals surface area contributed by atoms with E-state index in [0.29, 0.717) is 0 Å². The van der Waals surface area contributed by atoms with Gasteiger partial charge < -0.3 is 4.74 Å². The van der Waals surface area contributed by atoms with Gasteiger partial charge in [0.1, 0.15) is 6.10 Å². The summed E-state index contributed by atoms with van der Waals surface area (Å²) in [5, 5.41) is 0. The number of rotatable bonds is 1. The quantitative estimate of drug-likeness (QED) is 0.726. The molecule has 2 atom stereocenters. The van der Waals surface area contributed by atoms with Crippen LogP contribution in [0.5, 0.6) is 0 Å². The molecular formula is C12H13NO3. The number of carbonyl (C=O) groups excluding carboxylic acids is 2. The van der Waals surface area contributed by atoms with E-state index in [0.717, 1.165) is 10.5 Å². The summed E-state index contributed by atoms with van der Waals surface area (Å²) in [6.07, 6.45) is -0.925. The third-order valence-electron chi connectivity index (χ3n) is 2.74. The number of benzene rings is 1. The largest absolute Gasteiger partial charge is 0.439 e. The molecule has 1 saturated heterocycles. The number of carbonyl (C=O) groups is 2. The predicted molar refractivity (Wildman–Crippen MR) is 57.6 cm³/mol. The molecule has 4 heteroatoms. The second-order valence-corrected chi connectivity index (χ2v) is 3.84. The highest BCUT2D eigenvalue weighted by atomic mass is 16.6. The zero-order chi connectivity index (χ0) is 11.7. The maximum atomic E-state index is 11.5. The van der Waals surface area contributed by atoms with E-state index in [1.165, 1.54) is 6.92 Å². The summed E-state index contributed by atoms with van der Waals surface area (Å²) in [4.78, 5) is 23.9. The molecule has 1 aromatic rings. The number of amides is 2. The Morgan fingerprint density at radius 1 is 1.31 bits per heavy atom. The standard InChI is InChI=1S/C12H13NO3/c1-8-11(10-6-4-3-5-7-10)16-12(15)13(8)9(2)14/h3-8,11H,1-2H3/t8-,11-/m0/s1. The number of hydrogen-bond acceptors (Lipinski definition) is 3. The molecule has 0 radical (unpaired) electrons. The average Bonchev–Trinajstić information content (AvgIpc) is 2.55. The summed E-state index contributed by atoms with van der Waals surface area (Å²) in [6, 6.07) is 9.18. The van der Waals surface area contributed by atoms with Crippen LogP contribution in [-0.4, -0.2) is 22.9 Å². The number of nitrogens with zero attached hydrogens (tertiary/aromatic N) is 1. The summed E-state index contributed by atoms with van der Waals surface area (Å²) in [5.74, 6) is -0.282. The zero-order valence-corrected chi connectivity index (χ0v) is 9.21. The van der Waals surface area contributed by atoms with Crippen molar-refractivity contribution in [2.45, 2.75) is 26.0 Å². The summed E-state index contributed by atoms with van der Waals surface area (Å²) < 4.78 is 5.20. The van der Waals surface area contributed by atoms with Crippen molar-refractivity contribution in [2.75, 3.05) is 0 Å². The van der Waals surface area contributed by atoms with Gasteiger partial charge in [0.25, 0.3) is 0 Å². The van der Waals surface area contributed by atoms with Crippen molar-refractivity contribution in [3.8, 4) is 0 Å². The highest BCUT2D eigenvalue weighted by molar-refractivity contribution is 5.92. The van der Waals surface area contributed by atoms with Crippen molar-refractivity contribution in [1.29, 1.82) is 0 Å². The van der Waals surface area contributed by atoms with Gasteiger partial charge in [-0.05, 0) is 12.5 Å². The maximum absolute atomic E-state index is 11.5. The van der Waals surface area contributed by atoms with E-state index < -0.39 is 6.09 Å². The highest BCUT2D eigenvalue weighted by Crippen LogP contribution is 2.31. The molecule has 84 valence electrons. The fraction of sp³-hybridized carbons (Fsp3) is 0.333. The maximum Gasteiger partial charge on any atom is 0.417 e. The van der Waals surface area contributed by atoms with Crippen molar-refractivity contribution in [2.24, 2.45) is 0 Å². The Morgan fingerprint density at radius 3 is 2.44 bits per heavy atom. The topological polar surface area (TPSA) is 46.6 Å². The van der Waals surface area contributed by atoms with Crippen LogP contribution in [0.3, 0.4) is 0 Å². The van der Waals surface area contributed by atoms with Crippen molar-refractivity contribution in [3.05, 3.63) is 35.9 Å². The smallest absolute Gasteiger partial charge is 0.417 e. The zero-order valence-electron chi connectivity index (χ0n) is 9.21. The molecule has 16 heavy (non-hydrogen) atoms. The van der Waals surface area contributed by atoms with E-state index in [1.54, 1.807) is 0 Å². The van der Waals surface area contributed by atoms with E-state index in [4.69, 9.17) is 4.74 Å². The van der Waals surface area contributed by atoms with Gasteiger partial charge in [-0.2, -0.15) is 0 Å². The molecule has 2 amide bonds. The van der Waals surface area contributed by atoms with E-state index >= 15 is 0 Å². The SMILES string of the molecule is CC(=O)N1C(=O)O[C@H](c2ccccc2)[C@@H]1C. The van der Waals surface area contributed by atoms with E-state index in [1.807, 2.05) is 37.3 Å². The lowest BCUT2D eigenvalue weighted by atomic mass is 10.0. The molecule has 0 saturated carbocycles. The minimum atomic E-state index is -0.561. The van der Waals surface area contributed by atoms with Gasteiger partial charge in [-0.25, -0.2) is 9.69 Å². The van der Waals surface area contributed by atoms with Crippen LogP contribution in [0, 0.1) is 0 Å². The number of imide groups is 1. The molecule has 1 aliphatic heterocycles. The minimum Gasteiger partial charge on any atom is -0.439 e. The summed E-state index contributed by atoms with van der Waals surface area (Å²) in [7, 11) is 0. The first kappa shape index (κ1) is 10.7. The normalized spacial score (nSPS) is 24.4. The second kappa shape index (κ2) is 3.96. The number of ether oxygens (including phenoxy) is 1. The molecule has 0 aromatic heterocycles. The van der Waals surface area contributed by atoms with Crippen molar-refractivity contribution in [3.63, 3.8) is 0 Å². The molecule has 1 aromatic carbocycles. The molecule has 1 heterocycles. The second-order valence-electron chi connectivity index (χ2n) is 3.84. The summed E-state index contributed by atoms with van der Waals surface area (Å²) in [6.45, 7) is 3.18.